The van der Waals surface area contributed by atoms with Crippen molar-refractivity contribution < 1.29 is 0 Å². The first-order chi connectivity index (χ1) is 5.54. The quantitative estimate of drug-likeness (QED) is 0.587. The summed E-state index contributed by atoms with van der Waals surface area (Å²) < 4.78 is 0.329. The van der Waals surface area contributed by atoms with Gasteiger partial charge in [0.2, 0.25) is 0 Å². The molecule has 1 heteroatoms. The Morgan fingerprint density at radius 1 is 1.33 bits per heavy atom. The average Bonchev–Trinajstić information content (AvgIpc) is 2.08. The molecule has 0 aliphatic heterocycles. The molecule has 74 valence electrons. The lowest BCUT2D eigenvalue weighted by Crippen LogP contribution is -2.15. The molecule has 0 radical (unpaired) electrons. The summed E-state index contributed by atoms with van der Waals surface area (Å²) in [6.45, 7) is 12.9. The molecule has 0 nitrogen and oxygen atoms in total. The monoisotopic (exact) mass is 188 g/mol. The third kappa shape index (κ3) is 5.70. The van der Waals surface area contributed by atoms with Gasteiger partial charge in [0, 0.05) is 4.75 Å². The summed E-state index contributed by atoms with van der Waals surface area (Å²) in [5, 5.41) is 0. The maximum absolute atomic E-state index is 2.30. The van der Waals surface area contributed by atoms with Crippen LogP contribution in [0.4, 0.5) is 0 Å². The van der Waals surface area contributed by atoms with Crippen LogP contribution in [-0.2, 0) is 0 Å². The van der Waals surface area contributed by atoms with Crippen molar-refractivity contribution in [1.82, 2.24) is 0 Å². The molecular weight excluding hydrogens is 164 g/mol. The summed E-state index contributed by atoms with van der Waals surface area (Å²) >= 11 is 1.91. The Balaban J connectivity index is 0. The van der Waals surface area contributed by atoms with Gasteiger partial charge in [-0.1, -0.05) is 32.4 Å². The second kappa shape index (κ2) is 7.72. The molecule has 0 unspecified atom stereocenters. The van der Waals surface area contributed by atoms with Crippen molar-refractivity contribution in [3.63, 3.8) is 0 Å². The second-order valence-corrected chi connectivity index (χ2v) is 4.44. The van der Waals surface area contributed by atoms with E-state index in [-0.39, 0.29) is 0 Å². The summed E-state index contributed by atoms with van der Waals surface area (Å²) in [6, 6.07) is 0. The first kappa shape index (κ1) is 14.6. The lowest BCUT2D eigenvalue weighted by Gasteiger charge is -2.22. The molecule has 0 saturated heterocycles. The van der Waals surface area contributed by atoms with E-state index in [1.54, 1.807) is 0 Å². The molecule has 0 aromatic carbocycles. The van der Waals surface area contributed by atoms with Gasteiger partial charge in [-0.3, -0.25) is 0 Å². The molecule has 0 aromatic heterocycles. The predicted molar refractivity (Wildman–Crippen MR) is 63.0 cm³/mol. The minimum absolute atomic E-state index is 0.329. The molecule has 0 atom stereocenters. The van der Waals surface area contributed by atoms with Gasteiger partial charge in [0.05, 0.1) is 0 Å². The van der Waals surface area contributed by atoms with Gasteiger partial charge in [0.1, 0.15) is 0 Å². The Morgan fingerprint density at radius 3 is 2.00 bits per heavy atom. The van der Waals surface area contributed by atoms with E-state index in [0.717, 1.165) is 6.42 Å². The fourth-order valence-electron chi connectivity index (χ4n) is 0.713. The van der Waals surface area contributed by atoms with Crippen LogP contribution >= 0.6 is 11.8 Å². The van der Waals surface area contributed by atoms with Crippen LogP contribution in [0, 0.1) is 0 Å². The van der Waals surface area contributed by atoms with Gasteiger partial charge in [-0.25, -0.2) is 0 Å². The maximum Gasteiger partial charge on any atom is 0.0306 e. The Hall–Kier alpha value is 0.0900. The summed E-state index contributed by atoms with van der Waals surface area (Å²) in [4.78, 5) is 0. The summed E-state index contributed by atoms with van der Waals surface area (Å²) in [5.41, 5.74) is 1.49. The fourth-order valence-corrected chi connectivity index (χ4v) is 1.12. The molecule has 0 aliphatic carbocycles. The van der Waals surface area contributed by atoms with E-state index in [1.165, 1.54) is 5.57 Å². The van der Waals surface area contributed by atoms with E-state index in [9.17, 15) is 0 Å². The highest BCUT2D eigenvalue weighted by Crippen LogP contribution is 2.29. The van der Waals surface area contributed by atoms with Crippen molar-refractivity contribution in [1.29, 1.82) is 0 Å². The van der Waals surface area contributed by atoms with E-state index in [4.69, 9.17) is 0 Å². The van der Waals surface area contributed by atoms with Crippen LogP contribution in [0.2, 0.25) is 0 Å². The first-order valence-electron chi connectivity index (χ1n) is 4.77. The van der Waals surface area contributed by atoms with Crippen molar-refractivity contribution in [3.05, 3.63) is 11.6 Å². The van der Waals surface area contributed by atoms with Crippen LogP contribution in [0.15, 0.2) is 11.6 Å². The normalized spacial score (nSPS) is 12.1. The zero-order valence-corrected chi connectivity index (χ0v) is 10.5. The van der Waals surface area contributed by atoms with Crippen LogP contribution in [0.5, 0.6) is 0 Å². The minimum Gasteiger partial charge on any atom is -0.155 e. The van der Waals surface area contributed by atoms with Crippen LogP contribution in [0.3, 0.4) is 0 Å². The number of hydrogen-bond acceptors (Lipinski definition) is 1. The summed E-state index contributed by atoms with van der Waals surface area (Å²) in [6.07, 6.45) is 5.61. The molecule has 0 N–H and O–H groups in total. The van der Waals surface area contributed by atoms with Gasteiger partial charge in [0.25, 0.3) is 0 Å². The number of thioether (sulfide) groups is 1. The molecule has 0 fully saturated rings. The van der Waals surface area contributed by atoms with Gasteiger partial charge in [0.15, 0.2) is 0 Å². The number of hydrogen-bond donors (Lipinski definition) is 0. The molecule has 0 saturated carbocycles. The highest BCUT2D eigenvalue weighted by Gasteiger charge is 2.16. The van der Waals surface area contributed by atoms with E-state index in [1.807, 2.05) is 25.6 Å². The minimum atomic E-state index is 0.329. The Labute approximate surface area is 82.8 Å². The SMILES string of the molecule is CC.CC/C=C(/C)C(C)(C)SC. The Bertz CT molecular complexity index is 123. The third-order valence-corrected chi connectivity index (χ3v) is 3.31. The summed E-state index contributed by atoms with van der Waals surface area (Å²) in [5.74, 6) is 0. The van der Waals surface area contributed by atoms with Crippen molar-refractivity contribution in [3.8, 4) is 0 Å². The molecule has 0 aliphatic rings. The number of allylic oxidation sites excluding steroid dienone is 1. The molecular formula is C11H24S. The molecule has 0 amide bonds. The van der Waals surface area contributed by atoms with Gasteiger partial charge in [-0.15, -0.1) is 0 Å². The molecule has 0 heterocycles. The Kier molecular flexibility index (Phi) is 9.40. The maximum atomic E-state index is 2.30. The molecule has 0 aromatic rings. The lowest BCUT2D eigenvalue weighted by molar-refractivity contribution is 0.827. The van der Waals surface area contributed by atoms with E-state index >= 15 is 0 Å². The first-order valence-corrected chi connectivity index (χ1v) is 5.99. The van der Waals surface area contributed by atoms with Gasteiger partial charge >= 0.3 is 0 Å². The molecule has 0 bridgehead atoms. The molecule has 12 heavy (non-hydrogen) atoms. The average molecular weight is 188 g/mol. The topological polar surface area (TPSA) is 0 Å². The van der Waals surface area contributed by atoms with E-state index in [2.05, 4.69) is 40.0 Å². The van der Waals surface area contributed by atoms with Crippen LogP contribution in [0.25, 0.3) is 0 Å². The fraction of sp³-hybridized carbons (Fsp3) is 0.818. The largest absolute Gasteiger partial charge is 0.155 e. The van der Waals surface area contributed by atoms with Crippen molar-refractivity contribution in [2.75, 3.05) is 6.26 Å². The third-order valence-electron chi connectivity index (χ3n) is 1.97. The van der Waals surface area contributed by atoms with Gasteiger partial charge in [-0.2, -0.15) is 11.8 Å². The van der Waals surface area contributed by atoms with Gasteiger partial charge < -0.3 is 0 Å². The van der Waals surface area contributed by atoms with Crippen molar-refractivity contribution in [2.45, 2.75) is 52.7 Å². The lowest BCUT2D eigenvalue weighted by atomic mass is 10.0. The van der Waals surface area contributed by atoms with Crippen molar-refractivity contribution in [2.24, 2.45) is 0 Å². The Morgan fingerprint density at radius 2 is 1.75 bits per heavy atom. The van der Waals surface area contributed by atoms with Crippen molar-refractivity contribution >= 4 is 11.8 Å². The van der Waals surface area contributed by atoms with Crippen LogP contribution in [-0.4, -0.2) is 11.0 Å². The zero-order valence-electron chi connectivity index (χ0n) is 9.69. The zero-order chi connectivity index (χ0) is 10.2. The highest BCUT2D eigenvalue weighted by molar-refractivity contribution is 8.00. The van der Waals surface area contributed by atoms with E-state index < -0.39 is 0 Å². The number of rotatable bonds is 3. The predicted octanol–water partition coefficient (Wildman–Crippen LogP) is 4.51. The van der Waals surface area contributed by atoms with Gasteiger partial charge in [-0.05, 0) is 33.4 Å². The van der Waals surface area contributed by atoms with E-state index in [0.29, 0.717) is 4.75 Å². The van der Waals surface area contributed by atoms with Crippen LogP contribution in [0.1, 0.15) is 48.0 Å². The second-order valence-electron chi connectivity index (χ2n) is 3.01. The van der Waals surface area contributed by atoms with Crippen LogP contribution < -0.4 is 0 Å². The standard InChI is InChI=1S/C9H18S.C2H6/c1-6-7-8(2)9(3,4)10-5;1-2/h7H,6H2,1-5H3;1-2H3/b8-7-;. The smallest absolute Gasteiger partial charge is 0.0306 e. The highest BCUT2D eigenvalue weighted by atomic mass is 32.2. The molecule has 0 rings (SSSR count). The summed E-state index contributed by atoms with van der Waals surface area (Å²) in [7, 11) is 0. The molecule has 0 spiro atoms.